The van der Waals surface area contributed by atoms with E-state index >= 15 is 0 Å². The van der Waals surface area contributed by atoms with Crippen LogP contribution in [0.1, 0.15) is 38.9 Å². The van der Waals surface area contributed by atoms with Crippen molar-refractivity contribution in [1.82, 2.24) is 0 Å². The molecule has 14 aromatic rings. The quantitative estimate of drug-likeness (QED) is 0.102. The molecule has 0 bridgehead atoms. The lowest BCUT2D eigenvalue weighted by Crippen LogP contribution is -2.29. The van der Waals surface area contributed by atoms with Crippen molar-refractivity contribution < 1.29 is 0 Å². The van der Waals surface area contributed by atoms with Crippen LogP contribution in [0.4, 0.5) is 34.1 Å². The number of benzene rings is 13. The van der Waals surface area contributed by atoms with Gasteiger partial charge in [-0.3, -0.25) is 9.98 Å². The van der Waals surface area contributed by atoms with E-state index < -0.39 is 5.41 Å². The molecule has 0 saturated carbocycles. The lowest BCUT2D eigenvalue weighted by molar-refractivity contribution is 0.761. The Morgan fingerprint density at radius 1 is 0.430 bits per heavy atom. The number of aliphatic imine (C=N–C) groups is 2. The molecule has 0 radical (unpaired) electrons. The molecule has 408 valence electrons. The summed E-state index contributed by atoms with van der Waals surface area (Å²) in [6.45, 7) is 6.54. The van der Waals surface area contributed by atoms with Gasteiger partial charge in [0.2, 0.25) is 0 Å². The molecule has 1 heterocycles. The highest BCUT2D eigenvalue weighted by molar-refractivity contribution is 7.26. The van der Waals surface area contributed by atoms with Gasteiger partial charge in [0.25, 0.3) is 0 Å². The number of fused-ring (bicyclic) bond motifs is 7. The van der Waals surface area contributed by atoms with Crippen molar-refractivity contribution in [3.63, 3.8) is 0 Å². The van der Waals surface area contributed by atoms with Crippen LogP contribution in [0.3, 0.4) is 0 Å². The summed E-state index contributed by atoms with van der Waals surface area (Å²) in [5.74, 6) is 0. The Kier molecular flexibility index (Phi) is 13.4. The van der Waals surface area contributed by atoms with Crippen molar-refractivity contribution in [1.29, 1.82) is 0 Å². The van der Waals surface area contributed by atoms with E-state index in [9.17, 15) is 0 Å². The standard InChI is InChI=1S/C81H58N4S/c1-55-25-15-18-42-72(55)81(59-29-9-4-10-30-59)73-43-19-16-37-69(73)78-66(39-23-44-74(78)81)58-47-50-76-71(52-58)79-68(41-24-46-77(79)86-76)67-40-21-28-57-51-63(48-49-65(57)67)84(54-83-80(56-26-7-3-8-27-56)70-38-17-20-45-75(70)82-2)62-35-22-36-64(53-62)85(60-31-11-5-12-32-60)61-33-13-6-14-34-61/h3-53H,2,54H2,1H3/b83-80-. The topological polar surface area (TPSA) is 31.2 Å². The second-order valence-corrected chi connectivity index (χ2v) is 23.1. The first-order chi connectivity index (χ1) is 42.5. The molecule has 1 aromatic heterocycles. The third-order valence-corrected chi connectivity index (χ3v) is 18.4. The number of hydrogen-bond donors (Lipinski definition) is 0. The zero-order valence-electron chi connectivity index (χ0n) is 47.6. The van der Waals surface area contributed by atoms with Crippen LogP contribution in [0.25, 0.3) is 64.3 Å². The van der Waals surface area contributed by atoms with Crippen molar-refractivity contribution in [3.8, 4) is 33.4 Å². The Labute approximate surface area is 506 Å². The maximum atomic E-state index is 5.56. The second-order valence-electron chi connectivity index (χ2n) is 22.1. The van der Waals surface area contributed by atoms with Gasteiger partial charge in [-0.25, -0.2) is 0 Å². The molecule has 0 fully saturated rings. The number of para-hydroxylation sites is 3. The maximum Gasteiger partial charge on any atom is 0.115 e. The van der Waals surface area contributed by atoms with Crippen molar-refractivity contribution in [3.05, 3.63) is 348 Å². The van der Waals surface area contributed by atoms with E-state index in [4.69, 9.17) is 4.99 Å². The molecule has 0 aliphatic heterocycles. The Morgan fingerprint density at radius 3 is 1.80 bits per heavy atom. The normalized spacial score (nSPS) is 13.6. The molecule has 5 heteroatoms. The minimum atomic E-state index is -0.490. The van der Waals surface area contributed by atoms with E-state index in [2.05, 4.69) is 314 Å². The molecule has 1 unspecified atom stereocenters. The van der Waals surface area contributed by atoms with Gasteiger partial charge in [-0.1, -0.05) is 231 Å². The van der Waals surface area contributed by atoms with Gasteiger partial charge in [-0.15, -0.1) is 11.3 Å². The molecule has 0 amide bonds. The van der Waals surface area contributed by atoms with Crippen molar-refractivity contribution in [2.24, 2.45) is 9.98 Å². The molecule has 0 N–H and O–H groups in total. The van der Waals surface area contributed by atoms with Gasteiger partial charge < -0.3 is 9.80 Å². The first kappa shape index (κ1) is 52.1. The Balaban J connectivity index is 0.873. The fourth-order valence-electron chi connectivity index (χ4n) is 13.5. The van der Waals surface area contributed by atoms with E-state index in [1.807, 2.05) is 35.6 Å². The van der Waals surface area contributed by atoms with Crippen molar-refractivity contribution >= 4 is 88.8 Å². The second kappa shape index (κ2) is 22.1. The monoisotopic (exact) mass is 1120 g/mol. The Hall–Kier alpha value is -10.7. The number of nitrogens with zero attached hydrogens (tertiary/aromatic N) is 4. The minimum Gasteiger partial charge on any atom is -0.321 e. The van der Waals surface area contributed by atoms with E-state index in [0.29, 0.717) is 6.67 Å². The summed E-state index contributed by atoms with van der Waals surface area (Å²) in [6.07, 6.45) is 0. The van der Waals surface area contributed by atoms with Gasteiger partial charge in [0.1, 0.15) is 6.67 Å². The number of anilines is 5. The molecule has 1 aliphatic rings. The van der Waals surface area contributed by atoms with Crippen molar-refractivity contribution in [2.45, 2.75) is 12.3 Å². The van der Waals surface area contributed by atoms with Crippen LogP contribution in [0.15, 0.2) is 319 Å². The minimum absolute atomic E-state index is 0.318. The molecule has 13 aromatic carbocycles. The number of hydrogen-bond acceptors (Lipinski definition) is 5. The van der Waals surface area contributed by atoms with Crippen LogP contribution in [-0.4, -0.2) is 19.1 Å². The van der Waals surface area contributed by atoms with E-state index in [-0.39, 0.29) is 0 Å². The van der Waals surface area contributed by atoms with Gasteiger partial charge in [0, 0.05) is 59.7 Å². The molecule has 4 nitrogen and oxygen atoms in total. The summed E-state index contributed by atoms with van der Waals surface area (Å²) in [6, 6.07) is 112. The third kappa shape index (κ3) is 8.91. The van der Waals surface area contributed by atoms with Crippen LogP contribution >= 0.6 is 11.3 Å². The summed E-state index contributed by atoms with van der Waals surface area (Å²) in [4.78, 5) is 14.7. The molecule has 1 aliphatic carbocycles. The van der Waals surface area contributed by atoms with Crippen LogP contribution < -0.4 is 9.80 Å². The van der Waals surface area contributed by atoms with E-state index in [0.717, 1.165) is 56.3 Å². The molecule has 0 spiro atoms. The average Bonchev–Trinajstić information content (AvgIpc) is 1.54. The molecule has 15 rings (SSSR count). The fourth-order valence-corrected chi connectivity index (χ4v) is 14.6. The predicted octanol–water partition coefficient (Wildman–Crippen LogP) is 21.6. The molecular weight excluding hydrogens is 1060 g/mol. The largest absolute Gasteiger partial charge is 0.321 e. The first-order valence-electron chi connectivity index (χ1n) is 29.3. The average molecular weight is 1120 g/mol. The van der Waals surface area contributed by atoms with E-state index in [1.54, 1.807) is 0 Å². The SMILES string of the molecule is C=Nc1ccccc1/C(=N\CN(c1cccc(N(c2ccccc2)c2ccccc2)c1)c1ccc2c(-c3cccc4sc5ccc(-c6cccc7c6-c6ccccc6C7(c6ccccc6)c6ccccc6C)cc5c34)cccc2c1)c1ccccc1. The number of rotatable bonds is 14. The summed E-state index contributed by atoms with van der Waals surface area (Å²) < 4.78 is 2.53. The van der Waals surface area contributed by atoms with E-state index in [1.165, 1.54) is 86.8 Å². The lowest BCUT2D eigenvalue weighted by atomic mass is 9.66. The number of aryl methyl sites for hydroxylation is 1. The summed E-state index contributed by atoms with van der Waals surface area (Å²) in [7, 11) is 0. The zero-order chi connectivity index (χ0) is 57.6. The predicted molar refractivity (Wildman–Crippen MR) is 366 cm³/mol. The number of thiophene rings is 1. The molecule has 1 atom stereocenters. The highest BCUT2D eigenvalue weighted by atomic mass is 32.1. The van der Waals surface area contributed by atoms with Gasteiger partial charge in [0.15, 0.2) is 0 Å². The highest BCUT2D eigenvalue weighted by Gasteiger charge is 2.47. The van der Waals surface area contributed by atoms with Gasteiger partial charge in [0.05, 0.1) is 16.8 Å². The summed E-state index contributed by atoms with van der Waals surface area (Å²) in [5, 5.41) is 4.85. The van der Waals surface area contributed by atoms with Gasteiger partial charge >= 0.3 is 0 Å². The smallest absolute Gasteiger partial charge is 0.115 e. The van der Waals surface area contributed by atoms with Crippen molar-refractivity contribution in [2.75, 3.05) is 16.5 Å². The summed E-state index contributed by atoms with van der Waals surface area (Å²) >= 11 is 1.87. The molecule has 0 saturated heterocycles. The van der Waals surface area contributed by atoms with Crippen LogP contribution in [-0.2, 0) is 5.41 Å². The lowest BCUT2D eigenvalue weighted by Gasteiger charge is -2.35. The highest BCUT2D eigenvalue weighted by Crippen LogP contribution is 2.59. The van der Waals surface area contributed by atoms with Gasteiger partial charge in [-0.2, -0.15) is 0 Å². The Bertz CT molecular complexity index is 4860. The van der Waals surface area contributed by atoms with Crippen LogP contribution in [0.5, 0.6) is 0 Å². The maximum absolute atomic E-state index is 5.56. The Morgan fingerprint density at radius 2 is 1.02 bits per heavy atom. The summed E-state index contributed by atoms with van der Waals surface area (Å²) in [5.41, 5.74) is 22.2. The van der Waals surface area contributed by atoms with Gasteiger partial charge in [-0.05, 0) is 164 Å². The molecule has 86 heavy (non-hydrogen) atoms. The third-order valence-electron chi connectivity index (χ3n) is 17.3. The first-order valence-corrected chi connectivity index (χ1v) is 30.1. The fraction of sp³-hybridized carbons (Fsp3) is 0.0370. The zero-order valence-corrected chi connectivity index (χ0v) is 48.4. The van der Waals surface area contributed by atoms with Crippen LogP contribution in [0.2, 0.25) is 0 Å². The molecular formula is C81H58N4S. The van der Waals surface area contributed by atoms with Crippen LogP contribution in [0, 0.1) is 6.92 Å².